The van der Waals surface area contributed by atoms with Crippen LogP contribution in [-0.2, 0) is 20.9 Å². The van der Waals surface area contributed by atoms with Crippen LogP contribution >= 0.6 is 0 Å². The maximum Gasteiger partial charge on any atom is 0.336 e. The van der Waals surface area contributed by atoms with E-state index in [0.717, 1.165) is 11.1 Å². The van der Waals surface area contributed by atoms with Crippen molar-refractivity contribution in [3.8, 4) is 0 Å². The van der Waals surface area contributed by atoms with E-state index in [2.05, 4.69) is 13.2 Å². The van der Waals surface area contributed by atoms with Gasteiger partial charge in [0, 0.05) is 5.92 Å². The summed E-state index contributed by atoms with van der Waals surface area (Å²) in [5.74, 6) is -0.691. The highest BCUT2D eigenvalue weighted by Gasteiger charge is 2.29. The van der Waals surface area contributed by atoms with Crippen LogP contribution in [0.4, 0.5) is 0 Å². The quantitative estimate of drug-likeness (QED) is 0.511. The summed E-state index contributed by atoms with van der Waals surface area (Å²) in [5, 5.41) is 0. The molecule has 0 N–H and O–H groups in total. The Bertz CT molecular complexity index is 649. The molecule has 2 atom stereocenters. The fourth-order valence-electron chi connectivity index (χ4n) is 2.41. The van der Waals surface area contributed by atoms with E-state index in [4.69, 9.17) is 9.47 Å². The number of ether oxygens (including phenoxy) is 2. The molecule has 0 aliphatic rings. The Kier molecular flexibility index (Phi) is 6.99. The van der Waals surface area contributed by atoms with Crippen LogP contribution in [0.25, 0.3) is 0 Å². The standard InChI is InChI=1S/C21H22O3/c1-3-15-23-20(19(4-2)18-13-9-6-10-14-18)21(22)24-16-17-11-7-5-8-12-17/h3-14,19-20H,1-2,15-16H2/t19-,20-/m0/s1. The highest BCUT2D eigenvalue weighted by Crippen LogP contribution is 2.24. The van der Waals surface area contributed by atoms with Crippen LogP contribution in [0.15, 0.2) is 86.0 Å². The Balaban J connectivity index is 2.12. The van der Waals surface area contributed by atoms with Gasteiger partial charge in [-0.25, -0.2) is 4.79 Å². The third-order valence-corrected chi connectivity index (χ3v) is 3.61. The first kappa shape index (κ1) is 17.7. The van der Waals surface area contributed by atoms with Gasteiger partial charge in [0.25, 0.3) is 0 Å². The summed E-state index contributed by atoms with van der Waals surface area (Å²) in [6, 6.07) is 19.2. The van der Waals surface area contributed by atoms with Gasteiger partial charge in [-0.2, -0.15) is 0 Å². The summed E-state index contributed by atoms with van der Waals surface area (Å²) in [5.41, 5.74) is 1.89. The smallest absolute Gasteiger partial charge is 0.336 e. The molecule has 0 aliphatic heterocycles. The van der Waals surface area contributed by atoms with Gasteiger partial charge in [0.05, 0.1) is 6.61 Å². The van der Waals surface area contributed by atoms with Gasteiger partial charge in [0.2, 0.25) is 0 Å². The second-order valence-electron chi connectivity index (χ2n) is 5.31. The molecule has 2 aromatic carbocycles. The zero-order chi connectivity index (χ0) is 17.2. The number of hydrogen-bond donors (Lipinski definition) is 0. The molecule has 0 heterocycles. The number of hydrogen-bond acceptors (Lipinski definition) is 3. The molecule has 0 amide bonds. The zero-order valence-electron chi connectivity index (χ0n) is 13.6. The largest absolute Gasteiger partial charge is 0.459 e. The Labute approximate surface area is 143 Å². The number of benzene rings is 2. The van der Waals surface area contributed by atoms with Crippen LogP contribution in [0.2, 0.25) is 0 Å². The number of carbonyl (C=O) groups excluding carboxylic acids is 1. The minimum Gasteiger partial charge on any atom is -0.459 e. The van der Waals surface area contributed by atoms with Crippen LogP contribution in [0.3, 0.4) is 0 Å². The molecule has 0 radical (unpaired) electrons. The zero-order valence-corrected chi connectivity index (χ0v) is 13.6. The molecule has 0 saturated heterocycles. The summed E-state index contributed by atoms with van der Waals surface area (Å²) < 4.78 is 11.1. The van der Waals surface area contributed by atoms with Gasteiger partial charge in [-0.3, -0.25) is 0 Å². The first-order chi connectivity index (χ1) is 11.8. The van der Waals surface area contributed by atoms with Gasteiger partial charge in [-0.1, -0.05) is 72.8 Å². The van der Waals surface area contributed by atoms with E-state index < -0.39 is 12.1 Å². The van der Waals surface area contributed by atoms with E-state index in [0.29, 0.717) is 0 Å². The van der Waals surface area contributed by atoms with E-state index in [1.165, 1.54) is 0 Å². The van der Waals surface area contributed by atoms with E-state index in [1.54, 1.807) is 12.2 Å². The topological polar surface area (TPSA) is 35.5 Å². The van der Waals surface area contributed by atoms with E-state index in [-0.39, 0.29) is 19.1 Å². The fourth-order valence-corrected chi connectivity index (χ4v) is 2.41. The third kappa shape index (κ3) is 4.93. The average Bonchev–Trinajstić information content (AvgIpc) is 2.64. The second kappa shape index (κ2) is 9.48. The van der Waals surface area contributed by atoms with E-state index in [1.807, 2.05) is 60.7 Å². The number of esters is 1. The highest BCUT2D eigenvalue weighted by molar-refractivity contribution is 5.76. The van der Waals surface area contributed by atoms with Gasteiger partial charge in [-0.05, 0) is 11.1 Å². The molecule has 0 fully saturated rings. The van der Waals surface area contributed by atoms with Crippen molar-refractivity contribution >= 4 is 5.97 Å². The van der Waals surface area contributed by atoms with Crippen molar-refractivity contribution in [3.05, 3.63) is 97.1 Å². The van der Waals surface area contributed by atoms with Crippen molar-refractivity contribution in [1.29, 1.82) is 0 Å². The molecule has 124 valence electrons. The normalized spacial score (nSPS) is 12.8. The Hall–Kier alpha value is -2.65. The van der Waals surface area contributed by atoms with Crippen molar-refractivity contribution in [2.45, 2.75) is 18.6 Å². The average molecular weight is 322 g/mol. The lowest BCUT2D eigenvalue weighted by molar-refractivity contribution is -0.158. The van der Waals surface area contributed by atoms with Crippen LogP contribution in [0.1, 0.15) is 17.0 Å². The summed E-state index contributed by atoms with van der Waals surface area (Å²) in [4.78, 5) is 12.6. The molecule has 2 aromatic rings. The van der Waals surface area contributed by atoms with Crippen molar-refractivity contribution < 1.29 is 14.3 Å². The van der Waals surface area contributed by atoms with Gasteiger partial charge in [-0.15, -0.1) is 13.2 Å². The van der Waals surface area contributed by atoms with Crippen LogP contribution in [0, 0.1) is 0 Å². The molecular weight excluding hydrogens is 300 g/mol. The Morgan fingerprint density at radius 3 is 2.21 bits per heavy atom. The molecule has 2 rings (SSSR count). The predicted molar refractivity (Wildman–Crippen MR) is 95.6 cm³/mol. The highest BCUT2D eigenvalue weighted by atomic mass is 16.6. The molecule has 0 unspecified atom stereocenters. The van der Waals surface area contributed by atoms with E-state index >= 15 is 0 Å². The molecule has 3 nitrogen and oxygen atoms in total. The SMILES string of the molecule is C=CCO[C@H](C(=O)OCc1ccccc1)[C@@H](C=C)c1ccccc1. The first-order valence-corrected chi connectivity index (χ1v) is 7.86. The van der Waals surface area contributed by atoms with Gasteiger partial charge in [0.15, 0.2) is 6.10 Å². The van der Waals surface area contributed by atoms with Crippen LogP contribution in [0.5, 0.6) is 0 Å². The predicted octanol–water partition coefficient (Wildman–Crippen LogP) is 4.27. The molecular formula is C21H22O3. The number of carbonyl (C=O) groups is 1. The first-order valence-electron chi connectivity index (χ1n) is 7.86. The Morgan fingerprint density at radius 1 is 1.00 bits per heavy atom. The maximum absolute atomic E-state index is 12.6. The summed E-state index contributed by atoms with van der Waals surface area (Å²) in [6.07, 6.45) is 2.57. The van der Waals surface area contributed by atoms with Crippen LogP contribution < -0.4 is 0 Å². The maximum atomic E-state index is 12.6. The lowest BCUT2D eigenvalue weighted by Crippen LogP contribution is -2.32. The molecule has 0 saturated carbocycles. The van der Waals surface area contributed by atoms with Crippen molar-refractivity contribution in [1.82, 2.24) is 0 Å². The summed E-state index contributed by atoms with van der Waals surface area (Å²) in [6.45, 7) is 7.97. The molecule has 3 heteroatoms. The van der Waals surface area contributed by atoms with Crippen molar-refractivity contribution in [2.75, 3.05) is 6.61 Å². The lowest BCUT2D eigenvalue weighted by atomic mass is 9.93. The molecule has 0 aliphatic carbocycles. The van der Waals surface area contributed by atoms with Crippen LogP contribution in [-0.4, -0.2) is 18.7 Å². The van der Waals surface area contributed by atoms with Crippen molar-refractivity contribution in [3.63, 3.8) is 0 Å². The van der Waals surface area contributed by atoms with Crippen molar-refractivity contribution in [2.24, 2.45) is 0 Å². The minimum absolute atomic E-state index is 0.215. The van der Waals surface area contributed by atoms with E-state index in [9.17, 15) is 4.79 Å². The summed E-state index contributed by atoms with van der Waals surface area (Å²) in [7, 11) is 0. The molecule has 0 aromatic heterocycles. The molecule has 0 bridgehead atoms. The lowest BCUT2D eigenvalue weighted by Gasteiger charge is -2.23. The van der Waals surface area contributed by atoms with Gasteiger partial charge in [0.1, 0.15) is 6.61 Å². The number of rotatable bonds is 9. The third-order valence-electron chi connectivity index (χ3n) is 3.61. The van der Waals surface area contributed by atoms with Gasteiger partial charge >= 0.3 is 5.97 Å². The minimum atomic E-state index is -0.758. The molecule has 24 heavy (non-hydrogen) atoms. The fraction of sp³-hybridized carbons (Fsp3) is 0.190. The second-order valence-corrected chi connectivity index (χ2v) is 5.31. The monoisotopic (exact) mass is 322 g/mol. The molecule has 0 spiro atoms. The summed E-state index contributed by atoms with van der Waals surface area (Å²) >= 11 is 0. The van der Waals surface area contributed by atoms with Gasteiger partial charge < -0.3 is 9.47 Å². The Morgan fingerprint density at radius 2 is 1.62 bits per heavy atom.